The van der Waals surface area contributed by atoms with Crippen LogP contribution in [0.2, 0.25) is 0 Å². The van der Waals surface area contributed by atoms with E-state index in [0.717, 1.165) is 5.06 Å². The molecule has 0 aliphatic rings. The first-order valence-electron chi connectivity index (χ1n) is 6.08. The molecule has 1 amide bonds. The second kappa shape index (κ2) is 5.97. The Morgan fingerprint density at radius 3 is 2.35 bits per heavy atom. The number of carbonyl (C=O) groups is 2. The van der Waals surface area contributed by atoms with Gasteiger partial charge < -0.3 is 4.84 Å². The highest BCUT2D eigenvalue weighted by atomic mass is 16.7. The number of hydrogen-bond donors (Lipinski definition) is 0. The number of aryl methyl sites for hydroxylation is 1. The zero-order valence-corrected chi connectivity index (χ0v) is 11.3. The first-order valence-corrected chi connectivity index (χ1v) is 6.08. The summed E-state index contributed by atoms with van der Waals surface area (Å²) in [5, 5.41) is 0.935. The first-order chi connectivity index (χ1) is 9.58. The maximum atomic E-state index is 12.1. The Morgan fingerprint density at radius 1 is 1.05 bits per heavy atom. The molecule has 0 N–H and O–H groups in total. The summed E-state index contributed by atoms with van der Waals surface area (Å²) in [5.41, 5.74) is 0.837. The van der Waals surface area contributed by atoms with Crippen LogP contribution >= 0.6 is 0 Å². The zero-order chi connectivity index (χ0) is 14.5. The number of benzene rings is 1. The third-order valence-corrected chi connectivity index (χ3v) is 2.70. The molecule has 5 nitrogen and oxygen atoms in total. The molecule has 0 bridgehead atoms. The van der Waals surface area contributed by atoms with Gasteiger partial charge in [0.05, 0.1) is 5.56 Å². The van der Waals surface area contributed by atoms with E-state index in [1.807, 2.05) is 13.2 Å². The monoisotopic (exact) mass is 271 g/mol. The maximum absolute atomic E-state index is 12.1. The molecule has 102 valence electrons. The number of hydroxylamine groups is 2. The highest BCUT2D eigenvalue weighted by Gasteiger charge is 2.19. The van der Waals surface area contributed by atoms with E-state index in [1.54, 1.807) is 53.2 Å². The van der Waals surface area contributed by atoms with Crippen molar-refractivity contribution >= 4 is 11.9 Å². The lowest BCUT2D eigenvalue weighted by atomic mass is 10.2. The Bertz CT molecular complexity index is 626. The van der Waals surface area contributed by atoms with Gasteiger partial charge in [-0.1, -0.05) is 18.2 Å². The quantitative estimate of drug-likeness (QED) is 0.612. The summed E-state index contributed by atoms with van der Waals surface area (Å²) in [7, 11) is 3.23. The lowest BCUT2D eigenvalue weighted by Gasteiger charge is -2.15. The molecule has 1 heterocycles. The summed E-state index contributed by atoms with van der Waals surface area (Å²) in [6.45, 7) is 0. The van der Waals surface area contributed by atoms with Gasteiger partial charge in [-0.15, -0.1) is 0 Å². The summed E-state index contributed by atoms with van der Waals surface area (Å²) in [5.74, 6) is -0.952. The van der Waals surface area contributed by atoms with Crippen molar-refractivity contribution in [3.63, 3.8) is 0 Å². The van der Waals surface area contributed by atoms with E-state index in [2.05, 4.69) is 0 Å². The Kier molecular flexibility index (Phi) is 4.10. The van der Waals surface area contributed by atoms with Crippen LogP contribution in [0.3, 0.4) is 0 Å². The van der Waals surface area contributed by atoms with Crippen LogP contribution in [0.15, 0.2) is 54.9 Å². The van der Waals surface area contributed by atoms with Crippen LogP contribution in [0.1, 0.15) is 20.7 Å². The predicted octanol–water partition coefficient (Wildman–Crippen LogP) is 1.36. The SMILES string of the molecule is CN(OC(=O)c1ccccc1)C(=O)c1ccc[n+](C)c1. The minimum atomic E-state index is -0.568. The smallest absolute Gasteiger partial charge is 0.333 e. The van der Waals surface area contributed by atoms with Gasteiger partial charge in [-0.05, 0) is 18.2 Å². The van der Waals surface area contributed by atoms with Crippen molar-refractivity contribution < 1.29 is 19.0 Å². The van der Waals surface area contributed by atoms with E-state index >= 15 is 0 Å². The van der Waals surface area contributed by atoms with Gasteiger partial charge >= 0.3 is 5.97 Å². The number of carbonyl (C=O) groups excluding carboxylic acids is 2. The number of hydrogen-bond acceptors (Lipinski definition) is 3. The fourth-order valence-electron chi connectivity index (χ4n) is 1.69. The summed E-state index contributed by atoms with van der Waals surface area (Å²) in [6.07, 6.45) is 3.47. The van der Waals surface area contributed by atoms with Gasteiger partial charge in [0.25, 0.3) is 5.91 Å². The molecule has 2 aromatic rings. The van der Waals surface area contributed by atoms with E-state index in [1.165, 1.54) is 7.05 Å². The summed E-state index contributed by atoms with van der Waals surface area (Å²) in [4.78, 5) is 29.0. The van der Waals surface area contributed by atoms with Crippen LogP contribution in [0, 0.1) is 0 Å². The molecule has 0 unspecified atom stereocenters. The normalized spacial score (nSPS) is 9.90. The van der Waals surface area contributed by atoms with Crippen molar-refractivity contribution in [2.75, 3.05) is 7.05 Å². The molecule has 0 spiro atoms. The van der Waals surface area contributed by atoms with Crippen molar-refractivity contribution in [1.29, 1.82) is 0 Å². The molecular weight excluding hydrogens is 256 g/mol. The lowest BCUT2D eigenvalue weighted by molar-refractivity contribution is -0.671. The standard InChI is InChI=1S/C15H15N2O3/c1-16-10-6-9-13(11-16)14(18)17(2)20-15(19)12-7-4-3-5-8-12/h3-11H,1-2H3/q+1. The molecule has 1 aromatic heterocycles. The van der Waals surface area contributed by atoms with Crippen LogP contribution in [-0.4, -0.2) is 24.0 Å². The van der Waals surface area contributed by atoms with Crippen LogP contribution in [0.4, 0.5) is 0 Å². The van der Waals surface area contributed by atoms with E-state index in [4.69, 9.17) is 4.84 Å². The average molecular weight is 271 g/mol. The molecule has 0 radical (unpaired) electrons. The van der Waals surface area contributed by atoms with Gasteiger partial charge in [0.2, 0.25) is 0 Å². The molecule has 1 aromatic carbocycles. The summed E-state index contributed by atoms with van der Waals surface area (Å²) < 4.78 is 1.75. The van der Waals surface area contributed by atoms with Gasteiger partial charge in [0.1, 0.15) is 12.6 Å². The Morgan fingerprint density at radius 2 is 1.70 bits per heavy atom. The van der Waals surface area contributed by atoms with Gasteiger partial charge in [0, 0.05) is 13.1 Å². The topological polar surface area (TPSA) is 50.5 Å². The molecular formula is C15H15N2O3+. The summed E-state index contributed by atoms with van der Waals surface area (Å²) >= 11 is 0. The fraction of sp³-hybridized carbons (Fsp3) is 0.133. The predicted molar refractivity (Wildman–Crippen MR) is 71.6 cm³/mol. The molecule has 0 aliphatic carbocycles. The Hall–Kier alpha value is -2.69. The number of rotatable bonds is 2. The highest BCUT2D eigenvalue weighted by molar-refractivity contribution is 5.95. The van der Waals surface area contributed by atoms with Gasteiger partial charge in [-0.2, -0.15) is 5.06 Å². The molecule has 0 aliphatic heterocycles. The number of aromatic nitrogens is 1. The van der Waals surface area contributed by atoms with E-state index < -0.39 is 5.97 Å². The second-order valence-electron chi connectivity index (χ2n) is 4.31. The van der Waals surface area contributed by atoms with E-state index in [9.17, 15) is 9.59 Å². The molecule has 2 rings (SSSR count). The van der Waals surface area contributed by atoms with Crippen LogP contribution in [0.25, 0.3) is 0 Å². The van der Waals surface area contributed by atoms with Gasteiger partial charge in [-0.3, -0.25) is 4.79 Å². The third-order valence-electron chi connectivity index (χ3n) is 2.70. The minimum Gasteiger partial charge on any atom is -0.333 e. The van der Waals surface area contributed by atoms with Crippen LogP contribution in [0.5, 0.6) is 0 Å². The highest BCUT2D eigenvalue weighted by Crippen LogP contribution is 2.05. The lowest BCUT2D eigenvalue weighted by Crippen LogP contribution is -2.33. The van der Waals surface area contributed by atoms with Crippen LogP contribution in [-0.2, 0) is 11.9 Å². The average Bonchev–Trinajstić information content (AvgIpc) is 2.47. The molecule has 0 atom stereocenters. The Labute approximate surface area is 117 Å². The van der Waals surface area contributed by atoms with E-state index in [0.29, 0.717) is 11.1 Å². The van der Waals surface area contributed by atoms with E-state index in [-0.39, 0.29) is 5.91 Å². The van der Waals surface area contributed by atoms with Crippen molar-refractivity contribution in [3.05, 3.63) is 66.0 Å². The third kappa shape index (κ3) is 3.20. The number of amides is 1. The van der Waals surface area contributed by atoms with Crippen molar-refractivity contribution in [2.24, 2.45) is 7.05 Å². The molecule has 5 heteroatoms. The van der Waals surface area contributed by atoms with Crippen molar-refractivity contribution in [2.45, 2.75) is 0 Å². The Balaban J connectivity index is 2.07. The van der Waals surface area contributed by atoms with Crippen molar-refractivity contribution in [3.8, 4) is 0 Å². The zero-order valence-electron chi connectivity index (χ0n) is 11.3. The van der Waals surface area contributed by atoms with Gasteiger partial charge in [0.15, 0.2) is 12.4 Å². The molecule has 20 heavy (non-hydrogen) atoms. The van der Waals surface area contributed by atoms with Crippen LogP contribution < -0.4 is 4.57 Å². The largest absolute Gasteiger partial charge is 0.363 e. The molecule has 0 saturated heterocycles. The maximum Gasteiger partial charge on any atom is 0.363 e. The minimum absolute atomic E-state index is 0.384. The van der Waals surface area contributed by atoms with Gasteiger partial charge in [-0.25, -0.2) is 9.36 Å². The second-order valence-corrected chi connectivity index (χ2v) is 4.31. The summed E-state index contributed by atoms with van der Waals surface area (Å²) in [6, 6.07) is 11.9. The molecule has 0 saturated carbocycles. The first kappa shape index (κ1) is 13.7. The number of nitrogens with zero attached hydrogens (tertiary/aromatic N) is 2. The number of pyridine rings is 1. The molecule has 0 fully saturated rings. The van der Waals surface area contributed by atoms with Crippen molar-refractivity contribution in [1.82, 2.24) is 5.06 Å². The fourth-order valence-corrected chi connectivity index (χ4v) is 1.69.